The fourth-order valence-corrected chi connectivity index (χ4v) is 6.84. The third-order valence-corrected chi connectivity index (χ3v) is 11.2. The molecule has 33 nitrogen and oxygen atoms in total. The van der Waals surface area contributed by atoms with E-state index in [9.17, 15) is 29.1 Å². The van der Waals surface area contributed by atoms with Crippen LogP contribution in [0.3, 0.4) is 0 Å². The Morgan fingerprint density at radius 1 is 0.552 bits per heavy atom. The maximum absolute atomic E-state index is 12.8. The summed E-state index contributed by atoms with van der Waals surface area (Å²) in [6.07, 6.45) is 1.46. The van der Waals surface area contributed by atoms with Crippen molar-refractivity contribution in [2.24, 2.45) is 5.11 Å². The highest BCUT2D eigenvalue weighted by molar-refractivity contribution is 5.97. The number of anilines is 2. The first kappa shape index (κ1) is 74.9. The molecule has 2 aromatic heterocycles. The number of fused-ring (bicyclic) bond motifs is 1. The van der Waals surface area contributed by atoms with E-state index >= 15 is 0 Å². The number of carbonyl (C=O) groups is 4. The summed E-state index contributed by atoms with van der Waals surface area (Å²) in [5.74, 6) is -2.46. The van der Waals surface area contributed by atoms with Gasteiger partial charge < -0.3 is 103 Å². The van der Waals surface area contributed by atoms with Crippen LogP contribution in [0.4, 0.5) is 11.6 Å². The SMILES string of the molecule is [N-]=[N+]=NCCOCCOCCOCCOCCC(=O)NCCOCCOCCOCCOCCOCCOCCOCCOCCOCCOCCOCCNC(=O)CC[C@H](NC(=O)c1ccc(NCc2cnc3nc(N)[nH]c(=O)c3n2)cc1)C(=O)O. The number of nitrogens with two attached hydrogens (primary N) is 1. The quantitative estimate of drug-likeness (QED) is 0.0170. The highest BCUT2D eigenvalue weighted by Gasteiger charge is 2.22. The summed E-state index contributed by atoms with van der Waals surface area (Å²) in [5, 5.41) is 24.1. The Kier molecular flexibility index (Phi) is 45.4. The molecular weight excluding hydrogens is 1150 g/mol. The topological polar surface area (TPSA) is 421 Å². The van der Waals surface area contributed by atoms with Gasteiger partial charge in [-0.15, -0.1) is 0 Å². The Labute approximate surface area is 504 Å². The Bertz CT molecular complexity index is 2380. The van der Waals surface area contributed by atoms with Gasteiger partial charge in [0, 0.05) is 48.6 Å². The fourth-order valence-electron chi connectivity index (χ4n) is 6.84. The summed E-state index contributed by atoms with van der Waals surface area (Å²) in [5.41, 5.74) is 14.7. The number of aromatic amines is 1. The second-order valence-electron chi connectivity index (χ2n) is 17.9. The van der Waals surface area contributed by atoms with Crippen molar-refractivity contribution < 1.29 is 95.3 Å². The number of hydrogen-bond donors (Lipinski definition) is 7. The summed E-state index contributed by atoms with van der Waals surface area (Å²) in [4.78, 5) is 78.4. The third-order valence-electron chi connectivity index (χ3n) is 11.2. The highest BCUT2D eigenvalue weighted by atomic mass is 16.6. The molecular formula is C54H88N12O21. The number of hydrogen-bond acceptors (Lipinski definition) is 26. The largest absolute Gasteiger partial charge is 0.480 e. The van der Waals surface area contributed by atoms with Crippen LogP contribution in [-0.2, 0) is 92.0 Å². The lowest BCUT2D eigenvalue weighted by molar-refractivity contribution is -0.139. The molecule has 0 aliphatic rings. The first-order valence-electron chi connectivity index (χ1n) is 28.8. The molecule has 1 aromatic carbocycles. The van der Waals surface area contributed by atoms with Crippen molar-refractivity contribution in [3.05, 3.63) is 62.5 Å². The van der Waals surface area contributed by atoms with Gasteiger partial charge in [-0.05, 0) is 36.2 Å². The number of carboxylic acid groups (broad SMARTS) is 1. The minimum Gasteiger partial charge on any atom is -0.480 e. The number of rotatable bonds is 60. The van der Waals surface area contributed by atoms with Gasteiger partial charge in [0.2, 0.25) is 17.8 Å². The Morgan fingerprint density at radius 2 is 0.943 bits per heavy atom. The van der Waals surface area contributed by atoms with Crippen molar-refractivity contribution >= 4 is 46.5 Å². The van der Waals surface area contributed by atoms with E-state index < -0.39 is 23.5 Å². The van der Waals surface area contributed by atoms with Gasteiger partial charge >= 0.3 is 5.97 Å². The Hall–Kier alpha value is -6.37. The number of aromatic nitrogens is 4. The summed E-state index contributed by atoms with van der Waals surface area (Å²) in [6, 6.07) is 5.00. The molecule has 0 saturated carbocycles. The minimum absolute atomic E-state index is 0.0474. The average molecular weight is 1240 g/mol. The number of benzene rings is 1. The number of azide groups is 1. The molecule has 0 aliphatic carbocycles. The molecule has 3 rings (SSSR count). The van der Waals surface area contributed by atoms with Crippen molar-refractivity contribution in [2.45, 2.75) is 31.8 Å². The van der Waals surface area contributed by atoms with Crippen LogP contribution in [0.15, 0.2) is 40.4 Å². The summed E-state index contributed by atoms with van der Waals surface area (Å²) in [7, 11) is 0. The van der Waals surface area contributed by atoms with Crippen LogP contribution in [0.2, 0.25) is 0 Å². The maximum Gasteiger partial charge on any atom is 0.326 e. The average Bonchev–Trinajstić information content (AvgIpc) is 3.59. The predicted molar refractivity (Wildman–Crippen MR) is 311 cm³/mol. The second kappa shape index (κ2) is 52.7. The number of nitrogens with one attached hydrogen (secondary N) is 5. The number of carboxylic acids is 1. The molecule has 33 heteroatoms. The van der Waals surface area contributed by atoms with E-state index in [-0.39, 0.29) is 73.4 Å². The number of aliphatic carboxylic acids is 1. The zero-order valence-corrected chi connectivity index (χ0v) is 49.5. The number of amides is 3. The molecule has 0 spiro atoms. The van der Waals surface area contributed by atoms with Crippen molar-refractivity contribution in [1.82, 2.24) is 35.9 Å². The zero-order valence-electron chi connectivity index (χ0n) is 49.5. The van der Waals surface area contributed by atoms with E-state index in [1.54, 1.807) is 12.1 Å². The van der Waals surface area contributed by atoms with E-state index in [0.717, 1.165) is 0 Å². The highest BCUT2D eigenvalue weighted by Crippen LogP contribution is 2.13. The van der Waals surface area contributed by atoms with Gasteiger partial charge in [-0.3, -0.25) is 24.2 Å². The zero-order chi connectivity index (χ0) is 62.3. The van der Waals surface area contributed by atoms with Gasteiger partial charge in [-0.2, -0.15) is 4.98 Å². The van der Waals surface area contributed by atoms with Gasteiger partial charge in [-0.25, -0.2) is 14.8 Å². The molecule has 0 bridgehead atoms. The van der Waals surface area contributed by atoms with Gasteiger partial charge in [0.15, 0.2) is 11.2 Å². The third kappa shape index (κ3) is 41.4. The normalized spacial score (nSPS) is 11.6. The van der Waals surface area contributed by atoms with Crippen LogP contribution in [0.25, 0.3) is 21.6 Å². The molecule has 8 N–H and O–H groups in total. The van der Waals surface area contributed by atoms with Crippen LogP contribution in [0, 0.1) is 0 Å². The standard InChI is InChI=1S/C54H88N12O21/c55-54-64-50-49(52(70)65-54)62-45(42-60-50)41-59-44-3-1-43(2-4-44)51(69)63-46(53(71)72)5-6-47(67)57-8-12-74-16-20-78-25-27-81-29-31-83-33-35-85-37-39-87-40-38-86-36-34-84-32-30-82-28-26-79-21-17-75-13-9-58-48(68)7-11-73-15-19-77-23-24-80-22-18-76-14-10-61-66-56/h1-4,42,46,59H,5-41H2,(H,57,67)(H,58,68)(H,63,69)(H,71,72)(H3,55,60,64,65,70)/t46-/m0/s1. The monoisotopic (exact) mass is 1240 g/mol. The molecule has 0 aliphatic heterocycles. The van der Waals surface area contributed by atoms with Crippen LogP contribution in [0.5, 0.6) is 0 Å². The molecule has 3 aromatic rings. The number of nitrogen functional groups attached to an aromatic ring is 1. The maximum atomic E-state index is 12.8. The molecule has 0 radical (unpaired) electrons. The number of H-pyrrole nitrogens is 1. The van der Waals surface area contributed by atoms with E-state index in [2.05, 4.69) is 51.2 Å². The second-order valence-corrected chi connectivity index (χ2v) is 17.9. The van der Waals surface area contributed by atoms with Gasteiger partial charge in [0.05, 0.1) is 217 Å². The van der Waals surface area contributed by atoms with Gasteiger partial charge in [0.25, 0.3) is 11.5 Å². The van der Waals surface area contributed by atoms with Crippen LogP contribution >= 0.6 is 0 Å². The van der Waals surface area contributed by atoms with Crippen molar-refractivity contribution in [1.29, 1.82) is 0 Å². The molecule has 1 atom stereocenters. The molecule has 0 fully saturated rings. The number of nitrogens with zero attached hydrogens (tertiary/aromatic N) is 6. The molecule has 0 unspecified atom stereocenters. The van der Waals surface area contributed by atoms with E-state index in [1.165, 1.54) is 18.3 Å². The molecule has 490 valence electrons. The lowest BCUT2D eigenvalue weighted by atomic mass is 10.1. The van der Waals surface area contributed by atoms with E-state index in [4.69, 9.17) is 82.3 Å². The Morgan fingerprint density at radius 3 is 1.36 bits per heavy atom. The van der Waals surface area contributed by atoms with Crippen molar-refractivity contribution in [3.8, 4) is 0 Å². The first-order chi connectivity index (χ1) is 42.7. The molecule has 87 heavy (non-hydrogen) atoms. The smallest absolute Gasteiger partial charge is 0.326 e. The summed E-state index contributed by atoms with van der Waals surface area (Å²) >= 11 is 0. The fraction of sp³-hybridized carbons (Fsp3) is 0.704. The van der Waals surface area contributed by atoms with E-state index in [1.807, 2.05) is 0 Å². The van der Waals surface area contributed by atoms with Gasteiger partial charge in [-0.1, -0.05) is 5.11 Å². The predicted octanol–water partition coefficient (Wildman–Crippen LogP) is 0.0524. The van der Waals surface area contributed by atoms with Gasteiger partial charge in [0.1, 0.15) is 6.04 Å². The lowest BCUT2D eigenvalue weighted by Gasteiger charge is -2.15. The summed E-state index contributed by atoms with van der Waals surface area (Å²) in [6.45, 7) is 13.2. The molecule has 0 saturated heterocycles. The molecule has 3 amide bonds. The van der Waals surface area contributed by atoms with Crippen molar-refractivity contribution in [3.63, 3.8) is 0 Å². The Balaban J connectivity index is 0.951. The van der Waals surface area contributed by atoms with Crippen LogP contribution in [-0.4, -0.2) is 273 Å². The number of ether oxygens (including phenoxy) is 15. The van der Waals surface area contributed by atoms with Crippen LogP contribution in [0.1, 0.15) is 35.3 Å². The first-order valence-corrected chi connectivity index (χ1v) is 28.8. The molecule has 2 heterocycles. The lowest BCUT2D eigenvalue weighted by Crippen LogP contribution is -2.41. The van der Waals surface area contributed by atoms with E-state index in [0.29, 0.717) is 216 Å². The number of carbonyl (C=O) groups excluding carboxylic acids is 3. The summed E-state index contributed by atoms with van der Waals surface area (Å²) < 4.78 is 81.8. The minimum atomic E-state index is -1.29. The van der Waals surface area contributed by atoms with Crippen LogP contribution < -0.4 is 32.6 Å². The van der Waals surface area contributed by atoms with Crippen molar-refractivity contribution in [2.75, 3.05) is 229 Å².